The lowest BCUT2D eigenvalue weighted by atomic mass is 10.0. The fourth-order valence-corrected chi connectivity index (χ4v) is 2.99. The highest BCUT2D eigenvalue weighted by Crippen LogP contribution is 2.30. The molecule has 0 radical (unpaired) electrons. The first-order valence-corrected chi connectivity index (χ1v) is 9.57. The van der Waals surface area contributed by atoms with E-state index >= 15 is 0 Å². The highest BCUT2D eigenvalue weighted by atomic mass is 32.2. The molecule has 0 aliphatic rings. The molecule has 0 aromatic heterocycles. The summed E-state index contributed by atoms with van der Waals surface area (Å²) in [4.78, 5) is 34.9. The molecule has 0 unspecified atom stereocenters. The number of nitrogens with one attached hydrogen (secondary N) is 1. The first kappa shape index (κ1) is 22.4. The van der Waals surface area contributed by atoms with E-state index in [1.165, 1.54) is 31.2 Å². The average molecular weight is 423 g/mol. The van der Waals surface area contributed by atoms with Crippen LogP contribution in [-0.2, 0) is 9.53 Å². The molecule has 0 saturated heterocycles. The predicted molar refractivity (Wildman–Crippen MR) is 105 cm³/mol. The van der Waals surface area contributed by atoms with Gasteiger partial charge in [-0.25, -0.2) is 18.4 Å². The van der Waals surface area contributed by atoms with Crippen molar-refractivity contribution in [2.75, 3.05) is 19.4 Å². The van der Waals surface area contributed by atoms with Gasteiger partial charge in [-0.2, -0.15) is 0 Å². The second kappa shape index (κ2) is 10.6. The molecule has 0 fully saturated rings. The zero-order valence-corrected chi connectivity index (χ0v) is 16.6. The smallest absolute Gasteiger partial charge is 0.372 e. The number of rotatable bonds is 7. The van der Waals surface area contributed by atoms with Crippen LogP contribution in [0.1, 0.15) is 23.7 Å². The standard InChI is InChI=1S/C20H19F2NO5S/c1-12(24)23-8-3-9-29-20(26)28-18-7-4-13(10-16(18)19(25)27-2)15-6-5-14(21)11-17(15)22/h4-7,10-11H,3,8-9H2,1-2H3,(H,23,24). The molecule has 9 heteroatoms. The number of ether oxygens (including phenoxy) is 2. The molecule has 154 valence electrons. The average Bonchev–Trinajstić information content (AvgIpc) is 2.67. The third-order valence-corrected chi connectivity index (χ3v) is 4.55. The molecule has 2 aromatic rings. The second-order valence-corrected chi connectivity index (χ2v) is 6.89. The summed E-state index contributed by atoms with van der Waals surface area (Å²) in [6, 6.07) is 7.19. The van der Waals surface area contributed by atoms with Crippen molar-refractivity contribution in [3.05, 3.63) is 53.6 Å². The van der Waals surface area contributed by atoms with Crippen LogP contribution in [0.3, 0.4) is 0 Å². The third kappa shape index (κ3) is 6.56. The minimum absolute atomic E-state index is 0.0394. The van der Waals surface area contributed by atoms with Gasteiger partial charge in [0.05, 0.1) is 7.11 Å². The van der Waals surface area contributed by atoms with E-state index in [9.17, 15) is 23.2 Å². The number of esters is 1. The maximum Gasteiger partial charge on any atom is 0.372 e. The van der Waals surface area contributed by atoms with Crippen molar-refractivity contribution >= 4 is 28.9 Å². The maximum atomic E-state index is 14.0. The molecule has 29 heavy (non-hydrogen) atoms. The van der Waals surface area contributed by atoms with Crippen molar-refractivity contribution in [2.24, 2.45) is 0 Å². The second-order valence-electron chi connectivity index (χ2n) is 5.86. The Morgan fingerprint density at radius 2 is 1.86 bits per heavy atom. The highest BCUT2D eigenvalue weighted by molar-refractivity contribution is 8.13. The quantitative estimate of drug-likeness (QED) is 0.532. The maximum absolute atomic E-state index is 14.0. The first-order valence-electron chi connectivity index (χ1n) is 8.58. The molecule has 0 aliphatic heterocycles. The number of carbonyl (C=O) groups is 3. The summed E-state index contributed by atoms with van der Waals surface area (Å²) >= 11 is 0.889. The Bertz CT molecular complexity index is 920. The molecule has 0 atom stereocenters. The molecular formula is C20H19F2NO5S. The summed E-state index contributed by atoms with van der Waals surface area (Å²) in [5.74, 6) is -2.07. The Balaban J connectivity index is 2.14. The number of hydrogen-bond donors (Lipinski definition) is 1. The fourth-order valence-electron chi connectivity index (χ4n) is 2.39. The van der Waals surface area contributed by atoms with E-state index in [-0.39, 0.29) is 22.8 Å². The predicted octanol–water partition coefficient (Wildman–Crippen LogP) is 4.18. The van der Waals surface area contributed by atoms with Gasteiger partial charge in [-0.15, -0.1) is 0 Å². The summed E-state index contributed by atoms with van der Waals surface area (Å²) in [6.07, 6.45) is 0.561. The monoisotopic (exact) mass is 423 g/mol. The Kier molecular flexibility index (Phi) is 8.14. The van der Waals surface area contributed by atoms with Crippen LogP contribution in [0.4, 0.5) is 13.6 Å². The van der Waals surface area contributed by atoms with Gasteiger partial charge in [-0.1, -0.05) is 6.07 Å². The van der Waals surface area contributed by atoms with Gasteiger partial charge in [0.25, 0.3) is 0 Å². The summed E-state index contributed by atoms with van der Waals surface area (Å²) in [6.45, 7) is 1.83. The van der Waals surface area contributed by atoms with Crippen molar-refractivity contribution in [1.29, 1.82) is 0 Å². The van der Waals surface area contributed by atoms with Gasteiger partial charge in [0.1, 0.15) is 22.9 Å². The molecule has 0 aliphatic carbocycles. The van der Waals surface area contributed by atoms with Crippen LogP contribution in [0.5, 0.6) is 5.75 Å². The number of thioether (sulfide) groups is 1. The molecule has 1 amide bonds. The molecule has 1 N–H and O–H groups in total. The summed E-state index contributed by atoms with van der Waals surface area (Å²) < 4.78 is 37.1. The van der Waals surface area contributed by atoms with Gasteiger partial charge in [-0.05, 0) is 48.0 Å². The van der Waals surface area contributed by atoms with Gasteiger partial charge in [0, 0.05) is 30.9 Å². The van der Waals surface area contributed by atoms with Gasteiger partial charge >= 0.3 is 11.3 Å². The number of amides is 1. The number of carbonyl (C=O) groups excluding carboxylic acids is 3. The van der Waals surface area contributed by atoms with E-state index in [0.29, 0.717) is 24.3 Å². The van der Waals surface area contributed by atoms with Crippen LogP contribution in [0.2, 0.25) is 0 Å². The van der Waals surface area contributed by atoms with E-state index in [1.807, 2.05) is 0 Å². The van der Waals surface area contributed by atoms with E-state index in [1.54, 1.807) is 0 Å². The summed E-state index contributed by atoms with van der Waals surface area (Å²) in [5, 5.41) is 1.97. The van der Waals surface area contributed by atoms with Crippen molar-refractivity contribution in [3.8, 4) is 16.9 Å². The van der Waals surface area contributed by atoms with E-state index < -0.39 is 22.9 Å². The van der Waals surface area contributed by atoms with Crippen molar-refractivity contribution in [2.45, 2.75) is 13.3 Å². The topological polar surface area (TPSA) is 81.7 Å². The minimum atomic E-state index is -0.791. The van der Waals surface area contributed by atoms with Crippen molar-refractivity contribution in [1.82, 2.24) is 5.32 Å². The van der Waals surface area contributed by atoms with Crippen molar-refractivity contribution < 1.29 is 32.6 Å². The van der Waals surface area contributed by atoms with E-state index in [0.717, 1.165) is 31.0 Å². The van der Waals surface area contributed by atoms with Crippen LogP contribution in [0.15, 0.2) is 36.4 Å². The number of benzene rings is 2. The van der Waals surface area contributed by atoms with Crippen LogP contribution >= 0.6 is 11.8 Å². The number of halogens is 2. The zero-order chi connectivity index (χ0) is 21.4. The molecule has 6 nitrogen and oxygen atoms in total. The number of methoxy groups -OCH3 is 1. The lowest BCUT2D eigenvalue weighted by molar-refractivity contribution is -0.118. The molecule has 0 heterocycles. The van der Waals surface area contributed by atoms with E-state index in [4.69, 9.17) is 9.47 Å². The van der Waals surface area contributed by atoms with Crippen LogP contribution in [-0.4, -0.2) is 36.6 Å². The summed E-state index contributed by atoms with van der Waals surface area (Å²) in [7, 11) is 1.16. The van der Waals surface area contributed by atoms with Gasteiger partial charge in [-0.3, -0.25) is 4.79 Å². The van der Waals surface area contributed by atoms with Gasteiger partial charge < -0.3 is 14.8 Å². The first-order chi connectivity index (χ1) is 13.8. The normalized spacial score (nSPS) is 10.3. The largest absolute Gasteiger partial charge is 0.465 e. The van der Waals surface area contributed by atoms with Crippen molar-refractivity contribution in [3.63, 3.8) is 0 Å². The zero-order valence-electron chi connectivity index (χ0n) is 15.8. The van der Waals surface area contributed by atoms with Crippen LogP contribution < -0.4 is 10.1 Å². The Morgan fingerprint density at radius 3 is 2.52 bits per heavy atom. The van der Waals surface area contributed by atoms with Gasteiger partial charge in [0.2, 0.25) is 5.91 Å². The molecule has 0 saturated carbocycles. The summed E-state index contributed by atoms with van der Waals surface area (Å²) in [5.41, 5.74) is 0.313. The Labute approximate surface area is 170 Å². The van der Waals surface area contributed by atoms with Crippen LogP contribution in [0, 0.1) is 11.6 Å². The van der Waals surface area contributed by atoms with Gasteiger partial charge in [0.15, 0.2) is 0 Å². The van der Waals surface area contributed by atoms with E-state index in [2.05, 4.69) is 5.32 Å². The fraction of sp³-hybridized carbons (Fsp3) is 0.250. The SMILES string of the molecule is COC(=O)c1cc(-c2ccc(F)cc2F)ccc1OC(=O)SCCCNC(C)=O. The lowest BCUT2D eigenvalue weighted by Crippen LogP contribution is -2.21. The lowest BCUT2D eigenvalue weighted by Gasteiger charge is -2.11. The minimum Gasteiger partial charge on any atom is -0.465 e. The highest BCUT2D eigenvalue weighted by Gasteiger charge is 2.19. The Morgan fingerprint density at radius 1 is 1.10 bits per heavy atom. The number of hydrogen-bond acceptors (Lipinski definition) is 6. The third-order valence-electron chi connectivity index (χ3n) is 3.74. The molecule has 2 aromatic carbocycles. The Hall–Kier alpha value is -2.94. The molecule has 0 bridgehead atoms. The van der Waals surface area contributed by atoms with Crippen LogP contribution in [0.25, 0.3) is 11.1 Å². The molecular weight excluding hydrogens is 404 g/mol. The molecule has 0 spiro atoms. The molecule has 2 rings (SSSR count).